The van der Waals surface area contributed by atoms with Gasteiger partial charge in [0.25, 0.3) is 0 Å². The molecule has 2 saturated carbocycles. The van der Waals surface area contributed by atoms with Gasteiger partial charge in [-0.3, -0.25) is 4.79 Å². The van der Waals surface area contributed by atoms with Gasteiger partial charge in [0.15, 0.2) is 0 Å². The number of hydrogen-bond donors (Lipinski definition) is 2. The normalized spacial score (nSPS) is 35.9. The van der Waals surface area contributed by atoms with Crippen LogP contribution in [-0.2, 0) is 4.79 Å². The molecular formula is C15H26N2O. The molecule has 3 rings (SSSR count). The number of piperidine rings is 1. The zero-order chi connectivity index (χ0) is 12.4. The van der Waals surface area contributed by atoms with Crippen molar-refractivity contribution in [1.29, 1.82) is 0 Å². The monoisotopic (exact) mass is 250 g/mol. The highest BCUT2D eigenvalue weighted by Crippen LogP contribution is 2.49. The van der Waals surface area contributed by atoms with E-state index in [0.29, 0.717) is 17.7 Å². The van der Waals surface area contributed by atoms with E-state index in [4.69, 9.17) is 0 Å². The smallest absolute Gasteiger partial charge is 0.220 e. The van der Waals surface area contributed by atoms with Crippen molar-refractivity contribution in [3.8, 4) is 0 Å². The summed E-state index contributed by atoms with van der Waals surface area (Å²) in [6, 6.07) is 0. The predicted molar refractivity (Wildman–Crippen MR) is 72.2 cm³/mol. The standard InChI is InChI=1S/C15H26N2O/c18-15(17-10-11-3-5-16-6-4-11)9-14-8-12-1-2-13(14)7-12/h11-14,16H,1-10H2,(H,17,18). The summed E-state index contributed by atoms with van der Waals surface area (Å²) < 4.78 is 0. The Morgan fingerprint density at radius 2 is 1.94 bits per heavy atom. The zero-order valence-electron chi connectivity index (χ0n) is 11.3. The summed E-state index contributed by atoms with van der Waals surface area (Å²) in [7, 11) is 0. The summed E-state index contributed by atoms with van der Waals surface area (Å²) in [4.78, 5) is 12.0. The number of nitrogens with one attached hydrogen (secondary N) is 2. The van der Waals surface area contributed by atoms with E-state index in [-0.39, 0.29) is 0 Å². The second-order valence-electron chi connectivity index (χ2n) is 6.64. The fraction of sp³-hybridized carbons (Fsp3) is 0.933. The maximum absolute atomic E-state index is 12.0. The van der Waals surface area contributed by atoms with Crippen LogP contribution in [-0.4, -0.2) is 25.5 Å². The highest BCUT2D eigenvalue weighted by Gasteiger charge is 2.40. The van der Waals surface area contributed by atoms with Crippen molar-refractivity contribution < 1.29 is 4.79 Å². The van der Waals surface area contributed by atoms with E-state index in [1.54, 1.807) is 0 Å². The van der Waals surface area contributed by atoms with Crippen LogP contribution in [0.2, 0.25) is 0 Å². The minimum atomic E-state index is 0.311. The molecule has 1 heterocycles. The van der Waals surface area contributed by atoms with Crippen molar-refractivity contribution in [3.05, 3.63) is 0 Å². The van der Waals surface area contributed by atoms with E-state index in [1.165, 1.54) is 38.5 Å². The van der Waals surface area contributed by atoms with Crippen molar-refractivity contribution in [3.63, 3.8) is 0 Å². The van der Waals surface area contributed by atoms with Crippen molar-refractivity contribution in [2.24, 2.45) is 23.7 Å². The predicted octanol–water partition coefficient (Wildman–Crippen LogP) is 1.93. The van der Waals surface area contributed by atoms with Crippen LogP contribution in [0.1, 0.15) is 44.9 Å². The lowest BCUT2D eigenvalue weighted by molar-refractivity contribution is -0.122. The molecule has 1 amide bonds. The van der Waals surface area contributed by atoms with Crippen LogP contribution >= 0.6 is 0 Å². The van der Waals surface area contributed by atoms with Crippen molar-refractivity contribution in [2.45, 2.75) is 44.9 Å². The molecule has 3 fully saturated rings. The van der Waals surface area contributed by atoms with Crippen molar-refractivity contribution in [2.75, 3.05) is 19.6 Å². The fourth-order valence-electron chi connectivity index (χ4n) is 4.28. The zero-order valence-corrected chi connectivity index (χ0v) is 11.3. The van der Waals surface area contributed by atoms with E-state index in [0.717, 1.165) is 37.9 Å². The second kappa shape index (κ2) is 5.60. The maximum Gasteiger partial charge on any atom is 0.220 e. The third kappa shape index (κ3) is 2.87. The summed E-state index contributed by atoms with van der Waals surface area (Å²) >= 11 is 0. The number of amides is 1. The molecular weight excluding hydrogens is 224 g/mol. The van der Waals surface area contributed by atoms with Crippen LogP contribution in [0.3, 0.4) is 0 Å². The molecule has 18 heavy (non-hydrogen) atoms. The van der Waals surface area contributed by atoms with Crippen LogP contribution in [0.25, 0.3) is 0 Å². The first-order valence-electron chi connectivity index (χ1n) is 7.78. The van der Waals surface area contributed by atoms with Gasteiger partial charge in [0.1, 0.15) is 0 Å². The number of carbonyl (C=O) groups excluding carboxylic acids is 1. The van der Waals surface area contributed by atoms with Gasteiger partial charge in [-0.1, -0.05) is 6.42 Å². The van der Waals surface area contributed by atoms with E-state index in [2.05, 4.69) is 10.6 Å². The number of rotatable bonds is 4. The Hall–Kier alpha value is -0.570. The van der Waals surface area contributed by atoms with E-state index < -0.39 is 0 Å². The molecule has 0 aromatic heterocycles. The maximum atomic E-state index is 12.0. The number of carbonyl (C=O) groups is 1. The Bertz CT molecular complexity index is 299. The molecule has 1 aliphatic heterocycles. The highest BCUT2D eigenvalue weighted by molar-refractivity contribution is 5.76. The summed E-state index contributed by atoms with van der Waals surface area (Å²) in [5, 5.41) is 6.54. The quantitative estimate of drug-likeness (QED) is 0.800. The van der Waals surface area contributed by atoms with Gasteiger partial charge in [0.05, 0.1) is 0 Å². The Morgan fingerprint density at radius 3 is 2.61 bits per heavy atom. The van der Waals surface area contributed by atoms with Crippen molar-refractivity contribution >= 4 is 5.91 Å². The van der Waals surface area contributed by atoms with Crippen LogP contribution in [0.5, 0.6) is 0 Å². The van der Waals surface area contributed by atoms with Crippen LogP contribution in [0, 0.1) is 23.7 Å². The Labute approximate surface area is 110 Å². The van der Waals surface area contributed by atoms with Gasteiger partial charge in [-0.15, -0.1) is 0 Å². The highest BCUT2D eigenvalue weighted by atomic mass is 16.1. The third-order valence-corrected chi connectivity index (χ3v) is 5.38. The molecule has 0 spiro atoms. The lowest BCUT2D eigenvalue weighted by atomic mass is 9.86. The molecule has 2 bridgehead atoms. The van der Waals surface area contributed by atoms with Crippen molar-refractivity contribution in [1.82, 2.24) is 10.6 Å². The van der Waals surface area contributed by atoms with Gasteiger partial charge in [-0.05, 0) is 68.9 Å². The summed E-state index contributed by atoms with van der Waals surface area (Å²) in [6.45, 7) is 3.14. The molecule has 3 heteroatoms. The summed E-state index contributed by atoms with van der Waals surface area (Å²) in [5.41, 5.74) is 0. The molecule has 2 aliphatic carbocycles. The largest absolute Gasteiger partial charge is 0.356 e. The molecule has 3 aliphatic rings. The second-order valence-corrected chi connectivity index (χ2v) is 6.64. The minimum absolute atomic E-state index is 0.311. The van der Waals surface area contributed by atoms with Gasteiger partial charge in [0, 0.05) is 13.0 Å². The molecule has 3 nitrogen and oxygen atoms in total. The molecule has 1 saturated heterocycles. The first-order valence-corrected chi connectivity index (χ1v) is 7.78. The Kier molecular flexibility index (Phi) is 3.88. The van der Waals surface area contributed by atoms with Gasteiger partial charge in [-0.25, -0.2) is 0 Å². The lowest BCUT2D eigenvalue weighted by Crippen LogP contribution is -2.36. The first-order chi connectivity index (χ1) is 8.81. The fourth-order valence-corrected chi connectivity index (χ4v) is 4.28. The average Bonchev–Trinajstić information content (AvgIpc) is 3.00. The van der Waals surface area contributed by atoms with Gasteiger partial charge in [0.2, 0.25) is 5.91 Å². The van der Waals surface area contributed by atoms with E-state index >= 15 is 0 Å². The molecule has 102 valence electrons. The SMILES string of the molecule is O=C(CC1CC2CCC1C2)NCC1CCNCC1. The minimum Gasteiger partial charge on any atom is -0.356 e. The molecule has 3 atom stereocenters. The first kappa shape index (κ1) is 12.5. The van der Waals surface area contributed by atoms with E-state index in [1.807, 2.05) is 0 Å². The van der Waals surface area contributed by atoms with Crippen LogP contribution in [0.4, 0.5) is 0 Å². The molecule has 0 aromatic carbocycles. The Balaban J connectivity index is 1.36. The molecule has 3 unspecified atom stereocenters. The van der Waals surface area contributed by atoms with Crippen LogP contribution < -0.4 is 10.6 Å². The van der Waals surface area contributed by atoms with Gasteiger partial charge >= 0.3 is 0 Å². The Morgan fingerprint density at radius 1 is 1.11 bits per heavy atom. The number of fused-ring (bicyclic) bond motifs is 2. The molecule has 2 N–H and O–H groups in total. The number of hydrogen-bond acceptors (Lipinski definition) is 2. The van der Waals surface area contributed by atoms with Gasteiger partial charge in [-0.2, -0.15) is 0 Å². The lowest BCUT2D eigenvalue weighted by Gasteiger charge is -2.24. The average molecular weight is 250 g/mol. The van der Waals surface area contributed by atoms with Gasteiger partial charge < -0.3 is 10.6 Å². The van der Waals surface area contributed by atoms with E-state index in [9.17, 15) is 4.79 Å². The molecule has 0 radical (unpaired) electrons. The topological polar surface area (TPSA) is 41.1 Å². The van der Waals surface area contributed by atoms with Crippen LogP contribution in [0.15, 0.2) is 0 Å². The third-order valence-electron chi connectivity index (χ3n) is 5.38. The summed E-state index contributed by atoms with van der Waals surface area (Å²) in [6.07, 6.45) is 8.78. The summed E-state index contributed by atoms with van der Waals surface area (Å²) in [5.74, 6) is 3.55. The molecule has 0 aromatic rings.